The Kier molecular flexibility index (Phi) is 4.02. The van der Waals surface area contributed by atoms with Gasteiger partial charge in [0.15, 0.2) is 5.72 Å². The molecule has 2 amide bonds. The first-order valence-electron chi connectivity index (χ1n) is 9.41. The molecule has 1 aromatic heterocycles. The van der Waals surface area contributed by atoms with Gasteiger partial charge in [0.25, 0.3) is 5.91 Å². The number of ether oxygens (including phenoxy) is 1. The predicted molar refractivity (Wildman–Crippen MR) is 100 cm³/mol. The third-order valence-electron chi connectivity index (χ3n) is 5.84. The topological polar surface area (TPSA) is 62.7 Å². The maximum absolute atomic E-state index is 13.1. The quantitative estimate of drug-likeness (QED) is 0.816. The largest absolute Gasteiger partial charge is 0.353 e. The van der Waals surface area contributed by atoms with E-state index < -0.39 is 5.72 Å². The average molecular weight is 383 g/mol. The van der Waals surface area contributed by atoms with E-state index in [-0.39, 0.29) is 17.9 Å². The number of hydrogen-bond donors (Lipinski definition) is 0. The summed E-state index contributed by atoms with van der Waals surface area (Å²) in [5.74, 6) is 0.0107. The van der Waals surface area contributed by atoms with E-state index in [0.717, 1.165) is 24.4 Å². The lowest BCUT2D eigenvalue weighted by atomic mass is 10.0. The van der Waals surface area contributed by atoms with E-state index in [4.69, 9.17) is 4.74 Å². The van der Waals surface area contributed by atoms with Crippen LogP contribution in [-0.4, -0.2) is 58.1 Å². The van der Waals surface area contributed by atoms with Crippen LogP contribution in [0.4, 0.5) is 0 Å². The zero-order valence-corrected chi connectivity index (χ0v) is 15.8. The lowest BCUT2D eigenvalue weighted by molar-refractivity contribution is -0.179. The molecule has 1 aromatic carbocycles. The van der Waals surface area contributed by atoms with Crippen molar-refractivity contribution in [3.8, 4) is 0 Å². The number of aromatic nitrogens is 1. The highest BCUT2D eigenvalue weighted by atomic mass is 32.1. The van der Waals surface area contributed by atoms with Gasteiger partial charge < -0.3 is 14.5 Å². The Balaban J connectivity index is 1.35. The zero-order valence-electron chi connectivity index (χ0n) is 15.0. The van der Waals surface area contributed by atoms with Gasteiger partial charge in [0.1, 0.15) is 5.69 Å². The number of carbonyl (C=O) groups is 2. The second kappa shape index (κ2) is 6.42. The molecule has 4 heterocycles. The number of rotatable bonds is 3. The van der Waals surface area contributed by atoms with Crippen LogP contribution in [0.1, 0.15) is 40.3 Å². The lowest BCUT2D eigenvalue weighted by Gasteiger charge is -2.42. The highest BCUT2D eigenvalue weighted by molar-refractivity contribution is 7.09. The number of nitrogens with zero attached hydrogens (tertiary/aromatic N) is 3. The van der Waals surface area contributed by atoms with E-state index in [1.54, 1.807) is 0 Å². The van der Waals surface area contributed by atoms with Crippen LogP contribution in [0.3, 0.4) is 0 Å². The van der Waals surface area contributed by atoms with Crippen molar-refractivity contribution in [1.29, 1.82) is 0 Å². The van der Waals surface area contributed by atoms with E-state index in [1.165, 1.54) is 16.9 Å². The molecule has 2 aromatic rings. The van der Waals surface area contributed by atoms with Crippen molar-refractivity contribution in [2.45, 2.75) is 37.5 Å². The monoisotopic (exact) mass is 383 g/mol. The summed E-state index contributed by atoms with van der Waals surface area (Å²) in [6.07, 6.45) is 2.63. The molecule has 0 unspecified atom stereocenters. The average Bonchev–Trinajstić information content (AvgIpc) is 3.35. The summed E-state index contributed by atoms with van der Waals surface area (Å²) in [6, 6.07) is 9.93. The molecular weight excluding hydrogens is 362 g/mol. The molecule has 3 aliphatic heterocycles. The third kappa shape index (κ3) is 2.68. The molecule has 1 spiro atoms. The van der Waals surface area contributed by atoms with Gasteiger partial charge >= 0.3 is 0 Å². The minimum Gasteiger partial charge on any atom is -0.353 e. The van der Waals surface area contributed by atoms with Gasteiger partial charge in [-0.2, -0.15) is 0 Å². The van der Waals surface area contributed by atoms with Crippen LogP contribution in [0.15, 0.2) is 35.7 Å². The van der Waals surface area contributed by atoms with Crippen molar-refractivity contribution in [2.75, 3.05) is 19.7 Å². The number of likely N-dealkylation sites (tertiary alicyclic amines) is 1. The van der Waals surface area contributed by atoms with E-state index >= 15 is 0 Å². The first kappa shape index (κ1) is 16.9. The third-order valence-corrected chi connectivity index (χ3v) is 6.69. The van der Waals surface area contributed by atoms with Gasteiger partial charge in [0.2, 0.25) is 5.91 Å². The smallest absolute Gasteiger partial charge is 0.273 e. The highest BCUT2D eigenvalue weighted by Gasteiger charge is 2.61. The Hall–Kier alpha value is -2.25. The van der Waals surface area contributed by atoms with Gasteiger partial charge in [-0.05, 0) is 12.0 Å². The Bertz CT molecular complexity index is 884. The summed E-state index contributed by atoms with van der Waals surface area (Å²) in [6.45, 7) is 1.99. The fourth-order valence-corrected chi connectivity index (χ4v) is 5.40. The first-order valence-corrected chi connectivity index (χ1v) is 10.3. The zero-order chi connectivity index (χ0) is 18.4. The molecular formula is C20H21N3O3S. The second-order valence-electron chi connectivity index (χ2n) is 7.35. The molecule has 140 valence electrons. The van der Waals surface area contributed by atoms with E-state index in [9.17, 15) is 9.59 Å². The molecule has 0 bridgehead atoms. The van der Waals surface area contributed by atoms with E-state index in [1.807, 2.05) is 33.4 Å². The molecule has 0 radical (unpaired) electrons. The van der Waals surface area contributed by atoms with Gasteiger partial charge in [0.05, 0.1) is 24.1 Å². The number of amides is 2. The molecule has 3 aliphatic rings. The minimum atomic E-state index is -0.603. The Morgan fingerprint density at radius 1 is 1.30 bits per heavy atom. The van der Waals surface area contributed by atoms with Crippen molar-refractivity contribution in [2.24, 2.45) is 0 Å². The molecule has 7 heteroatoms. The summed E-state index contributed by atoms with van der Waals surface area (Å²) < 4.78 is 6.08. The molecule has 27 heavy (non-hydrogen) atoms. The molecule has 5 rings (SSSR count). The number of carbonyl (C=O) groups excluding carboxylic acids is 2. The summed E-state index contributed by atoms with van der Waals surface area (Å²) in [5.41, 5.74) is 1.05. The summed E-state index contributed by atoms with van der Waals surface area (Å²) >= 11 is 1.51. The molecule has 2 atom stereocenters. The molecule has 3 saturated heterocycles. The van der Waals surface area contributed by atoms with Gasteiger partial charge in [0, 0.05) is 31.3 Å². The van der Waals surface area contributed by atoms with Crippen LogP contribution in [0.5, 0.6) is 0 Å². The van der Waals surface area contributed by atoms with Gasteiger partial charge in [-0.3, -0.25) is 9.59 Å². The van der Waals surface area contributed by atoms with Crippen molar-refractivity contribution < 1.29 is 14.3 Å². The molecule has 6 nitrogen and oxygen atoms in total. The maximum Gasteiger partial charge on any atom is 0.273 e. The fraction of sp³-hybridized carbons (Fsp3) is 0.450. The standard InChI is InChI=1S/C20H21N3O3S/c24-18-12-16-20(23(18)8-4-10-26-20)7-9-22(16)19(25)15-13-27-17(21-15)11-14-5-2-1-3-6-14/h1-3,5-6,13,16H,4,7-12H2/t16-,20+/m1/s1. The second-order valence-corrected chi connectivity index (χ2v) is 8.29. The highest BCUT2D eigenvalue weighted by Crippen LogP contribution is 2.45. The van der Waals surface area contributed by atoms with Crippen LogP contribution in [0, 0.1) is 0 Å². The predicted octanol–water partition coefficient (Wildman–Crippen LogP) is 2.30. The van der Waals surface area contributed by atoms with Crippen molar-refractivity contribution >= 4 is 23.2 Å². The SMILES string of the molecule is O=C(c1csc(Cc2ccccc2)n1)N1CC[C@@]23OCCCN2C(=O)C[C@@H]13. The van der Waals surface area contributed by atoms with Crippen LogP contribution in [0.25, 0.3) is 0 Å². The molecule has 0 aliphatic carbocycles. The van der Waals surface area contributed by atoms with Crippen LogP contribution >= 0.6 is 11.3 Å². The first-order chi connectivity index (χ1) is 13.2. The number of thiazole rings is 1. The van der Waals surface area contributed by atoms with Crippen molar-refractivity contribution in [3.05, 3.63) is 52.0 Å². The van der Waals surface area contributed by atoms with Crippen LogP contribution in [0.2, 0.25) is 0 Å². The maximum atomic E-state index is 13.1. The summed E-state index contributed by atoms with van der Waals surface area (Å²) in [4.78, 5) is 33.8. The number of benzene rings is 1. The fourth-order valence-electron chi connectivity index (χ4n) is 4.60. The van der Waals surface area contributed by atoms with E-state index in [0.29, 0.717) is 31.7 Å². The van der Waals surface area contributed by atoms with Crippen molar-refractivity contribution in [3.63, 3.8) is 0 Å². The van der Waals surface area contributed by atoms with Crippen LogP contribution in [-0.2, 0) is 16.0 Å². The van der Waals surface area contributed by atoms with Crippen LogP contribution < -0.4 is 0 Å². The normalized spacial score (nSPS) is 27.0. The molecule has 3 fully saturated rings. The molecule has 0 N–H and O–H groups in total. The minimum absolute atomic E-state index is 0.0868. The Morgan fingerprint density at radius 3 is 3.00 bits per heavy atom. The summed E-state index contributed by atoms with van der Waals surface area (Å²) in [5, 5.41) is 2.76. The Labute approximate surface area is 161 Å². The van der Waals surface area contributed by atoms with Crippen molar-refractivity contribution in [1.82, 2.24) is 14.8 Å². The summed E-state index contributed by atoms with van der Waals surface area (Å²) in [7, 11) is 0. The molecule has 0 saturated carbocycles. The van der Waals surface area contributed by atoms with Gasteiger partial charge in [-0.1, -0.05) is 30.3 Å². The van der Waals surface area contributed by atoms with E-state index in [2.05, 4.69) is 17.1 Å². The van der Waals surface area contributed by atoms with Gasteiger partial charge in [-0.15, -0.1) is 11.3 Å². The lowest BCUT2D eigenvalue weighted by Crippen LogP contribution is -2.56. The van der Waals surface area contributed by atoms with Gasteiger partial charge in [-0.25, -0.2) is 4.98 Å². The number of hydrogen-bond acceptors (Lipinski definition) is 5. The Morgan fingerprint density at radius 2 is 2.15 bits per heavy atom.